The molecular formula is C15H28N4. The Labute approximate surface area is 117 Å². The van der Waals surface area contributed by atoms with E-state index in [1.165, 1.54) is 32.0 Å². The monoisotopic (exact) mass is 264 g/mol. The summed E-state index contributed by atoms with van der Waals surface area (Å²) in [4.78, 5) is 9.71. The molecule has 1 fully saturated rings. The summed E-state index contributed by atoms with van der Waals surface area (Å²) in [5, 5.41) is 0. The Balaban J connectivity index is 2.01. The van der Waals surface area contributed by atoms with Crippen LogP contribution in [-0.4, -0.2) is 59.1 Å². The Bertz CT molecular complexity index is 402. The van der Waals surface area contributed by atoms with Crippen LogP contribution in [0.3, 0.4) is 0 Å². The summed E-state index contributed by atoms with van der Waals surface area (Å²) < 4.78 is 2.33. The van der Waals surface area contributed by atoms with Crippen LogP contribution in [0.4, 0.5) is 0 Å². The number of nitrogens with zero attached hydrogens (tertiary/aromatic N) is 4. The third-order valence-electron chi connectivity index (χ3n) is 4.01. The van der Waals surface area contributed by atoms with Crippen LogP contribution in [-0.2, 0) is 0 Å². The minimum absolute atomic E-state index is 0.492. The van der Waals surface area contributed by atoms with Crippen molar-refractivity contribution in [2.75, 3.05) is 39.8 Å². The number of piperazine rings is 1. The minimum Gasteiger partial charge on any atom is -0.332 e. The highest BCUT2D eigenvalue weighted by Crippen LogP contribution is 2.20. The predicted octanol–water partition coefficient (Wildman–Crippen LogP) is 2.12. The zero-order valence-corrected chi connectivity index (χ0v) is 13.1. The molecule has 0 bridgehead atoms. The van der Waals surface area contributed by atoms with E-state index in [1.807, 2.05) is 0 Å². The predicted molar refractivity (Wildman–Crippen MR) is 79.7 cm³/mol. The van der Waals surface area contributed by atoms with Gasteiger partial charge in [0.25, 0.3) is 0 Å². The van der Waals surface area contributed by atoms with Crippen LogP contribution in [0.2, 0.25) is 0 Å². The molecule has 0 aliphatic carbocycles. The van der Waals surface area contributed by atoms with Gasteiger partial charge < -0.3 is 14.4 Å². The molecule has 0 spiro atoms. The van der Waals surface area contributed by atoms with E-state index in [4.69, 9.17) is 4.98 Å². The van der Waals surface area contributed by atoms with Gasteiger partial charge in [-0.1, -0.05) is 6.92 Å². The number of imidazole rings is 1. The fourth-order valence-electron chi connectivity index (χ4n) is 2.81. The van der Waals surface area contributed by atoms with Crippen LogP contribution in [0.1, 0.15) is 44.2 Å². The zero-order chi connectivity index (χ0) is 14.0. The van der Waals surface area contributed by atoms with E-state index in [2.05, 4.69) is 55.3 Å². The van der Waals surface area contributed by atoms with Gasteiger partial charge in [0, 0.05) is 50.9 Å². The van der Waals surface area contributed by atoms with Gasteiger partial charge >= 0.3 is 0 Å². The molecule has 1 aliphatic heterocycles. The second-order valence-electron chi connectivity index (χ2n) is 6.25. The molecule has 4 nitrogen and oxygen atoms in total. The van der Waals surface area contributed by atoms with Crippen molar-refractivity contribution in [3.63, 3.8) is 0 Å². The lowest BCUT2D eigenvalue weighted by molar-refractivity contribution is 0.147. The number of rotatable bonds is 4. The van der Waals surface area contributed by atoms with E-state index in [1.54, 1.807) is 0 Å². The zero-order valence-electron chi connectivity index (χ0n) is 13.1. The molecule has 4 heteroatoms. The maximum atomic E-state index is 4.74. The molecule has 0 saturated carbocycles. The van der Waals surface area contributed by atoms with Crippen molar-refractivity contribution in [2.24, 2.45) is 0 Å². The van der Waals surface area contributed by atoms with Crippen molar-refractivity contribution in [3.8, 4) is 0 Å². The van der Waals surface area contributed by atoms with Gasteiger partial charge in [0.2, 0.25) is 0 Å². The first-order valence-corrected chi connectivity index (χ1v) is 7.43. The van der Waals surface area contributed by atoms with E-state index in [-0.39, 0.29) is 0 Å². The van der Waals surface area contributed by atoms with Crippen molar-refractivity contribution >= 4 is 0 Å². The summed E-state index contributed by atoms with van der Waals surface area (Å²) in [6, 6.07) is 0.492. The minimum atomic E-state index is 0.492. The van der Waals surface area contributed by atoms with E-state index < -0.39 is 0 Å². The highest BCUT2D eigenvalue weighted by atomic mass is 15.2. The quantitative estimate of drug-likeness (QED) is 0.832. The van der Waals surface area contributed by atoms with Crippen LogP contribution in [0.15, 0.2) is 6.20 Å². The first kappa shape index (κ1) is 14.5. The SMILES string of the molecule is Cc1cn(C(C)C)c(C(C)CN2CCN(C)CC2)n1. The van der Waals surface area contributed by atoms with Gasteiger partial charge in [-0.15, -0.1) is 0 Å². The van der Waals surface area contributed by atoms with Crippen molar-refractivity contribution in [1.29, 1.82) is 0 Å². The van der Waals surface area contributed by atoms with Gasteiger partial charge in [0.1, 0.15) is 5.82 Å². The second kappa shape index (κ2) is 6.06. The fraction of sp³-hybridized carbons (Fsp3) is 0.800. The second-order valence-corrected chi connectivity index (χ2v) is 6.25. The van der Waals surface area contributed by atoms with Gasteiger partial charge in [0.05, 0.1) is 5.69 Å². The topological polar surface area (TPSA) is 24.3 Å². The number of likely N-dealkylation sites (N-methyl/N-ethyl adjacent to an activating group) is 1. The molecule has 19 heavy (non-hydrogen) atoms. The third-order valence-corrected chi connectivity index (χ3v) is 4.01. The molecule has 0 radical (unpaired) electrons. The largest absolute Gasteiger partial charge is 0.332 e. The third kappa shape index (κ3) is 3.57. The summed E-state index contributed by atoms with van der Waals surface area (Å²) in [6.45, 7) is 14.7. The summed E-state index contributed by atoms with van der Waals surface area (Å²) in [7, 11) is 2.20. The van der Waals surface area contributed by atoms with E-state index in [0.29, 0.717) is 12.0 Å². The molecule has 1 aromatic heterocycles. The molecule has 1 aliphatic rings. The molecule has 0 N–H and O–H groups in total. The number of hydrogen-bond donors (Lipinski definition) is 0. The van der Waals surface area contributed by atoms with E-state index in [9.17, 15) is 0 Å². The van der Waals surface area contributed by atoms with Crippen LogP contribution in [0.25, 0.3) is 0 Å². The highest BCUT2D eigenvalue weighted by Gasteiger charge is 2.20. The lowest BCUT2D eigenvalue weighted by Crippen LogP contribution is -2.45. The fourth-order valence-corrected chi connectivity index (χ4v) is 2.81. The Morgan fingerprint density at radius 3 is 2.37 bits per heavy atom. The Morgan fingerprint density at radius 2 is 1.79 bits per heavy atom. The summed E-state index contributed by atoms with van der Waals surface area (Å²) >= 11 is 0. The standard InChI is InChI=1S/C15H28N4/c1-12(2)19-11-14(4)16-15(19)13(3)10-18-8-6-17(5)7-9-18/h11-13H,6-10H2,1-5H3. The molecule has 0 amide bonds. The highest BCUT2D eigenvalue weighted by molar-refractivity contribution is 5.08. The Hall–Kier alpha value is -0.870. The summed E-state index contributed by atoms with van der Waals surface area (Å²) in [5.41, 5.74) is 1.13. The van der Waals surface area contributed by atoms with Gasteiger partial charge in [-0.05, 0) is 27.8 Å². The molecule has 0 aromatic carbocycles. The smallest absolute Gasteiger partial charge is 0.113 e. The van der Waals surface area contributed by atoms with Crippen molar-refractivity contribution < 1.29 is 0 Å². The van der Waals surface area contributed by atoms with E-state index in [0.717, 1.165) is 12.2 Å². The van der Waals surface area contributed by atoms with Crippen LogP contribution < -0.4 is 0 Å². The maximum absolute atomic E-state index is 4.74. The lowest BCUT2D eigenvalue weighted by atomic mass is 10.1. The summed E-state index contributed by atoms with van der Waals surface area (Å²) in [5.74, 6) is 1.74. The Morgan fingerprint density at radius 1 is 1.16 bits per heavy atom. The van der Waals surface area contributed by atoms with Gasteiger partial charge in [-0.3, -0.25) is 0 Å². The number of hydrogen-bond acceptors (Lipinski definition) is 3. The molecule has 1 saturated heterocycles. The van der Waals surface area contributed by atoms with Crippen molar-refractivity contribution in [1.82, 2.24) is 19.4 Å². The molecule has 1 aromatic rings. The molecule has 1 atom stereocenters. The number of aryl methyl sites for hydroxylation is 1. The van der Waals surface area contributed by atoms with Crippen LogP contribution >= 0.6 is 0 Å². The first-order valence-electron chi connectivity index (χ1n) is 7.43. The molecular weight excluding hydrogens is 236 g/mol. The number of aromatic nitrogens is 2. The van der Waals surface area contributed by atoms with Gasteiger partial charge in [0.15, 0.2) is 0 Å². The van der Waals surface area contributed by atoms with Gasteiger partial charge in [-0.2, -0.15) is 0 Å². The average molecular weight is 264 g/mol. The van der Waals surface area contributed by atoms with Crippen LogP contribution in [0, 0.1) is 6.92 Å². The molecule has 1 unspecified atom stereocenters. The van der Waals surface area contributed by atoms with Gasteiger partial charge in [-0.25, -0.2) is 4.98 Å². The molecule has 108 valence electrons. The lowest BCUT2D eigenvalue weighted by Gasteiger charge is -2.34. The summed E-state index contributed by atoms with van der Waals surface area (Å²) in [6.07, 6.45) is 2.18. The average Bonchev–Trinajstić information content (AvgIpc) is 2.74. The van der Waals surface area contributed by atoms with Crippen molar-refractivity contribution in [2.45, 2.75) is 39.7 Å². The van der Waals surface area contributed by atoms with Crippen molar-refractivity contribution in [3.05, 3.63) is 17.7 Å². The molecule has 2 rings (SSSR count). The van der Waals surface area contributed by atoms with E-state index >= 15 is 0 Å². The molecule has 2 heterocycles. The van der Waals surface area contributed by atoms with Crippen LogP contribution in [0.5, 0.6) is 0 Å². The Kier molecular flexibility index (Phi) is 4.63. The normalized spacial score (nSPS) is 20.1. The first-order chi connectivity index (χ1) is 8.97. The maximum Gasteiger partial charge on any atom is 0.113 e.